The van der Waals surface area contributed by atoms with Crippen LogP contribution in [0.5, 0.6) is 5.88 Å². The number of methoxy groups -OCH3 is 1. The van der Waals surface area contributed by atoms with E-state index in [9.17, 15) is 9.90 Å². The van der Waals surface area contributed by atoms with Gasteiger partial charge in [-0.1, -0.05) is 0 Å². The summed E-state index contributed by atoms with van der Waals surface area (Å²) in [6, 6.07) is 0. The van der Waals surface area contributed by atoms with Gasteiger partial charge in [0.15, 0.2) is 0 Å². The third-order valence-electron chi connectivity index (χ3n) is 3.17. The Morgan fingerprint density at radius 1 is 1.67 bits per heavy atom. The first kappa shape index (κ1) is 13.1. The minimum Gasteiger partial charge on any atom is -0.481 e. The third-order valence-corrected chi connectivity index (χ3v) is 3.71. The van der Waals surface area contributed by atoms with Crippen molar-refractivity contribution in [2.24, 2.45) is 5.41 Å². The molecule has 1 aliphatic heterocycles. The zero-order valence-corrected chi connectivity index (χ0v) is 11.8. The number of carbonyl (C=O) groups is 1. The molecule has 1 aromatic heterocycles. The Balaban J connectivity index is 2.22. The fourth-order valence-electron chi connectivity index (χ4n) is 1.94. The lowest BCUT2D eigenvalue weighted by molar-refractivity contribution is -0.146. The molecule has 1 fully saturated rings. The monoisotopic (exact) mass is 315 g/mol. The van der Waals surface area contributed by atoms with E-state index in [2.05, 4.69) is 25.9 Å². The fraction of sp³-hybridized carbons (Fsp3) is 0.545. The summed E-state index contributed by atoms with van der Waals surface area (Å²) in [5, 5.41) is 9.18. The Hall–Kier alpha value is -1.37. The van der Waals surface area contributed by atoms with Crippen molar-refractivity contribution in [3.8, 4) is 5.88 Å². The maximum Gasteiger partial charge on any atom is 0.311 e. The average molecular weight is 316 g/mol. The minimum atomic E-state index is -0.783. The van der Waals surface area contributed by atoms with E-state index in [0.29, 0.717) is 35.8 Å². The fourth-order valence-corrected chi connectivity index (χ4v) is 2.30. The van der Waals surface area contributed by atoms with E-state index in [0.717, 1.165) is 0 Å². The highest BCUT2D eigenvalue weighted by Gasteiger charge is 2.41. The SMILES string of the molecule is COc1nc(N2CCC(C)(C(=O)O)C2)ncc1Br. The molecule has 2 heterocycles. The van der Waals surface area contributed by atoms with Crippen molar-refractivity contribution in [3.05, 3.63) is 10.7 Å². The number of carboxylic acids is 1. The maximum atomic E-state index is 11.2. The number of ether oxygens (including phenoxy) is 1. The van der Waals surface area contributed by atoms with Crippen LogP contribution in [-0.2, 0) is 4.79 Å². The van der Waals surface area contributed by atoms with E-state index >= 15 is 0 Å². The average Bonchev–Trinajstić information content (AvgIpc) is 2.74. The molecule has 7 heteroatoms. The number of anilines is 1. The van der Waals surface area contributed by atoms with Crippen molar-refractivity contribution < 1.29 is 14.6 Å². The summed E-state index contributed by atoms with van der Waals surface area (Å²) >= 11 is 3.28. The molecule has 18 heavy (non-hydrogen) atoms. The number of hydrogen-bond donors (Lipinski definition) is 1. The van der Waals surface area contributed by atoms with E-state index in [1.54, 1.807) is 13.1 Å². The van der Waals surface area contributed by atoms with Crippen molar-refractivity contribution in [2.75, 3.05) is 25.1 Å². The zero-order chi connectivity index (χ0) is 13.3. The second-order valence-corrected chi connectivity index (χ2v) is 5.42. The molecule has 1 aromatic rings. The highest BCUT2D eigenvalue weighted by Crippen LogP contribution is 2.33. The van der Waals surface area contributed by atoms with Crippen LogP contribution in [0.15, 0.2) is 10.7 Å². The molecule has 0 radical (unpaired) electrons. The molecule has 1 N–H and O–H groups in total. The van der Waals surface area contributed by atoms with E-state index < -0.39 is 11.4 Å². The van der Waals surface area contributed by atoms with Crippen LogP contribution in [-0.4, -0.2) is 41.2 Å². The highest BCUT2D eigenvalue weighted by atomic mass is 79.9. The molecule has 0 aromatic carbocycles. The van der Waals surface area contributed by atoms with E-state index in [-0.39, 0.29) is 0 Å². The third kappa shape index (κ3) is 2.27. The summed E-state index contributed by atoms with van der Waals surface area (Å²) in [7, 11) is 1.53. The molecule has 98 valence electrons. The van der Waals surface area contributed by atoms with Gasteiger partial charge in [-0.15, -0.1) is 0 Å². The first-order valence-electron chi connectivity index (χ1n) is 5.51. The van der Waals surface area contributed by atoms with Crippen LogP contribution in [0.1, 0.15) is 13.3 Å². The number of hydrogen-bond acceptors (Lipinski definition) is 5. The van der Waals surface area contributed by atoms with Gasteiger partial charge in [-0.3, -0.25) is 4.79 Å². The summed E-state index contributed by atoms with van der Waals surface area (Å²) < 4.78 is 5.78. The molecular formula is C11H14BrN3O3. The molecule has 1 saturated heterocycles. The largest absolute Gasteiger partial charge is 0.481 e. The Bertz CT molecular complexity index is 483. The zero-order valence-electron chi connectivity index (χ0n) is 10.2. The molecule has 0 saturated carbocycles. The summed E-state index contributed by atoms with van der Waals surface area (Å²) in [6.07, 6.45) is 2.20. The summed E-state index contributed by atoms with van der Waals surface area (Å²) in [4.78, 5) is 21.5. The molecule has 1 unspecified atom stereocenters. The van der Waals surface area contributed by atoms with E-state index in [4.69, 9.17) is 4.74 Å². The van der Waals surface area contributed by atoms with Gasteiger partial charge in [0.05, 0.1) is 23.2 Å². The Morgan fingerprint density at radius 3 is 2.94 bits per heavy atom. The predicted octanol–water partition coefficient (Wildman–Crippen LogP) is 1.55. The quantitative estimate of drug-likeness (QED) is 0.912. The van der Waals surface area contributed by atoms with Crippen LogP contribution in [0, 0.1) is 5.41 Å². The summed E-state index contributed by atoms with van der Waals surface area (Å²) in [5.74, 6) is 0.165. The molecule has 1 aliphatic rings. The minimum absolute atomic E-state index is 0.410. The van der Waals surface area contributed by atoms with Crippen LogP contribution < -0.4 is 9.64 Å². The standard InChI is InChI=1S/C11H14BrN3O3/c1-11(9(16)17)3-4-15(6-11)10-13-5-7(12)8(14-10)18-2/h5H,3-4,6H2,1-2H3,(H,16,17). The molecule has 2 rings (SSSR count). The molecule has 0 spiro atoms. The Morgan fingerprint density at radius 2 is 2.39 bits per heavy atom. The van der Waals surface area contributed by atoms with Crippen LogP contribution in [0.2, 0.25) is 0 Å². The highest BCUT2D eigenvalue weighted by molar-refractivity contribution is 9.10. The van der Waals surface area contributed by atoms with E-state index in [1.807, 2.05) is 4.90 Å². The van der Waals surface area contributed by atoms with Gasteiger partial charge in [0.2, 0.25) is 11.8 Å². The van der Waals surface area contributed by atoms with Gasteiger partial charge in [0.1, 0.15) is 0 Å². The van der Waals surface area contributed by atoms with Gasteiger partial charge >= 0.3 is 5.97 Å². The van der Waals surface area contributed by atoms with Crippen LogP contribution in [0.3, 0.4) is 0 Å². The molecule has 0 amide bonds. The van der Waals surface area contributed by atoms with Gasteiger partial charge in [-0.2, -0.15) is 4.98 Å². The molecular weight excluding hydrogens is 302 g/mol. The van der Waals surface area contributed by atoms with Crippen LogP contribution >= 0.6 is 15.9 Å². The van der Waals surface area contributed by atoms with Crippen LogP contribution in [0.4, 0.5) is 5.95 Å². The van der Waals surface area contributed by atoms with Crippen molar-refractivity contribution in [1.29, 1.82) is 0 Å². The second kappa shape index (κ2) is 4.72. The van der Waals surface area contributed by atoms with E-state index in [1.165, 1.54) is 7.11 Å². The lowest BCUT2D eigenvalue weighted by atomic mass is 9.90. The number of nitrogens with zero attached hydrogens (tertiary/aromatic N) is 3. The second-order valence-electron chi connectivity index (χ2n) is 4.56. The summed E-state index contributed by atoms with van der Waals surface area (Å²) in [6.45, 7) is 2.78. The lowest BCUT2D eigenvalue weighted by Gasteiger charge is -2.20. The molecule has 6 nitrogen and oxygen atoms in total. The number of aromatic nitrogens is 2. The topological polar surface area (TPSA) is 75.5 Å². The Kier molecular flexibility index (Phi) is 3.43. The molecule has 1 atom stereocenters. The normalized spacial score (nSPS) is 23.2. The van der Waals surface area contributed by atoms with Crippen molar-refractivity contribution >= 4 is 27.8 Å². The van der Waals surface area contributed by atoms with Gasteiger partial charge < -0.3 is 14.7 Å². The van der Waals surface area contributed by atoms with Gasteiger partial charge in [-0.05, 0) is 29.3 Å². The van der Waals surface area contributed by atoms with Crippen molar-refractivity contribution in [3.63, 3.8) is 0 Å². The van der Waals surface area contributed by atoms with Gasteiger partial charge in [-0.25, -0.2) is 4.98 Å². The predicted molar refractivity (Wildman–Crippen MR) is 68.9 cm³/mol. The number of rotatable bonds is 3. The number of aliphatic carboxylic acids is 1. The Labute approximate surface area is 113 Å². The number of halogens is 1. The molecule has 0 bridgehead atoms. The van der Waals surface area contributed by atoms with Crippen LogP contribution in [0.25, 0.3) is 0 Å². The van der Waals surface area contributed by atoms with Gasteiger partial charge in [0, 0.05) is 13.1 Å². The maximum absolute atomic E-state index is 11.2. The molecule has 0 aliphatic carbocycles. The smallest absolute Gasteiger partial charge is 0.311 e. The number of carboxylic acid groups (broad SMARTS) is 1. The lowest BCUT2D eigenvalue weighted by Crippen LogP contribution is -2.32. The summed E-state index contributed by atoms with van der Waals surface area (Å²) in [5.41, 5.74) is -0.732. The van der Waals surface area contributed by atoms with Crippen molar-refractivity contribution in [2.45, 2.75) is 13.3 Å². The first-order chi connectivity index (χ1) is 8.46. The van der Waals surface area contributed by atoms with Crippen molar-refractivity contribution in [1.82, 2.24) is 9.97 Å². The van der Waals surface area contributed by atoms with Gasteiger partial charge in [0.25, 0.3) is 0 Å². The first-order valence-corrected chi connectivity index (χ1v) is 6.30.